The quantitative estimate of drug-likeness (QED) is 0.174. The molecule has 5 nitrogen and oxygen atoms in total. The van der Waals surface area contributed by atoms with E-state index < -0.39 is 0 Å². The first-order valence-corrected chi connectivity index (χ1v) is 21.3. The highest BCUT2D eigenvalue weighted by molar-refractivity contribution is 7.99. The molecule has 0 aliphatic carbocycles. The van der Waals surface area contributed by atoms with E-state index in [1.807, 2.05) is 11.8 Å². The van der Waals surface area contributed by atoms with Crippen molar-refractivity contribution in [3.8, 4) is 56.7 Å². The van der Waals surface area contributed by atoms with Crippen LogP contribution < -0.4 is 0 Å². The molecular weight excluding hydrogens is 763 g/mol. The highest BCUT2D eigenvalue weighted by Crippen LogP contribution is 2.49. The van der Waals surface area contributed by atoms with E-state index in [1.165, 1.54) is 48.1 Å². The Kier molecular flexibility index (Phi) is 7.47. The van der Waals surface area contributed by atoms with Gasteiger partial charge in [0.15, 0.2) is 17.5 Å². The summed E-state index contributed by atoms with van der Waals surface area (Å²) in [6.45, 7) is 0. The molecule has 9 aromatic carbocycles. The monoisotopic (exact) mass is 795 g/mol. The Morgan fingerprint density at radius 2 is 1.02 bits per heavy atom. The second kappa shape index (κ2) is 13.4. The number of nitrogens with zero attached hydrogens (tertiary/aromatic N) is 5. The van der Waals surface area contributed by atoms with Crippen molar-refractivity contribution >= 4 is 66.1 Å². The maximum atomic E-state index is 5.30. The molecule has 0 radical (unpaired) electrons. The summed E-state index contributed by atoms with van der Waals surface area (Å²) in [5, 5.41) is 8.28. The van der Waals surface area contributed by atoms with Crippen molar-refractivity contribution in [2.75, 3.05) is 0 Å². The number of benzene rings is 9. The topological polar surface area (TPSA) is 48.5 Å². The fourth-order valence-corrected chi connectivity index (χ4v) is 10.4. The molecule has 1 aliphatic heterocycles. The van der Waals surface area contributed by atoms with Gasteiger partial charge in [0, 0.05) is 48.3 Å². The summed E-state index contributed by atoms with van der Waals surface area (Å²) < 4.78 is 4.89. The van der Waals surface area contributed by atoms with Gasteiger partial charge in [0.25, 0.3) is 0 Å². The van der Waals surface area contributed by atoms with Crippen molar-refractivity contribution < 1.29 is 0 Å². The van der Waals surface area contributed by atoms with Gasteiger partial charge >= 0.3 is 0 Å². The Morgan fingerprint density at radius 1 is 0.377 bits per heavy atom. The van der Waals surface area contributed by atoms with Crippen LogP contribution >= 0.6 is 11.8 Å². The van der Waals surface area contributed by atoms with Crippen LogP contribution in [-0.4, -0.2) is 24.1 Å². The maximum Gasteiger partial charge on any atom is 0.164 e. The second-order valence-electron chi connectivity index (χ2n) is 15.6. The number of fused-ring (bicyclic) bond motifs is 9. The van der Waals surface area contributed by atoms with Crippen molar-refractivity contribution in [1.82, 2.24) is 24.1 Å². The molecule has 13 rings (SSSR count). The molecule has 4 heterocycles. The zero-order valence-electron chi connectivity index (χ0n) is 32.7. The summed E-state index contributed by atoms with van der Waals surface area (Å²) >= 11 is 1.84. The molecule has 0 N–H and O–H groups in total. The molecular formula is C55H33N5S. The molecule has 0 fully saturated rings. The van der Waals surface area contributed by atoms with Crippen LogP contribution in [0, 0.1) is 0 Å². The zero-order valence-corrected chi connectivity index (χ0v) is 33.5. The minimum atomic E-state index is 0.628. The highest BCUT2D eigenvalue weighted by atomic mass is 32.2. The number of hydrogen-bond donors (Lipinski definition) is 0. The van der Waals surface area contributed by atoms with Gasteiger partial charge in [-0.05, 0) is 87.3 Å². The lowest BCUT2D eigenvalue weighted by atomic mass is 10.00. The van der Waals surface area contributed by atoms with E-state index in [0.717, 1.165) is 55.3 Å². The summed E-state index contributed by atoms with van der Waals surface area (Å²) in [5.74, 6) is 1.90. The smallest absolute Gasteiger partial charge is 0.164 e. The van der Waals surface area contributed by atoms with Gasteiger partial charge in [-0.3, -0.25) is 9.13 Å². The third-order valence-electron chi connectivity index (χ3n) is 12.1. The molecule has 0 amide bonds. The molecule has 284 valence electrons. The lowest BCUT2D eigenvalue weighted by Gasteiger charge is -2.21. The minimum absolute atomic E-state index is 0.628. The Hall–Kier alpha value is -7.80. The predicted octanol–water partition coefficient (Wildman–Crippen LogP) is 14.4. The van der Waals surface area contributed by atoms with Gasteiger partial charge in [0.1, 0.15) is 5.65 Å². The molecule has 0 atom stereocenters. The van der Waals surface area contributed by atoms with E-state index >= 15 is 0 Å². The Bertz CT molecular complexity index is 3730. The van der Waals surface area contributed by atoms with Gasteiger partial charge in [0.05, 0.1) is 16.7 Å². The van der Waals surface area contributed by atoms with Gasteiger partial charge < -0.3 is 0 Å². The molecule has 0 unspecified atom stereocenters. The van der Waals surface area contributed by atoms with E-state index in [-0.39, 0.29) is 0 Å². The van der Waals surface area contributed by atoms with Crippen LogP contribution in [0.2, 0.25) is 0 Å². The predicted molar refractivity (Wildman–Crippen MR) is 252 cm³/mol. The fourth-order valence-electron chi connectivity index (χ4n) is 9.31. The van der Waals surface area contributed by atoms with E-state index in [9.17, 15) is 0 Å². The van der Waals surface area contributed by atoms with Gasteiger partial charge in [0.2, 0.25) is 0 Å². The Morgan fingerprint density at radius 3 is 1.90 bits per heavy atom. The van der Waals surface area contributed by atoms with Gasteiger partial charge in [-0.25, -0.2) is 15.0 Å². The normalized spacial score (nSPS) is 12.2. The third kappa shape index (κ3) is 5.32. The Labute approximate surface area is 355 Å². The van der Waals surface area contributed by atoms with Crippen molar-refractivity contribution in [1.29, 1.82) is 0 Å². The highest BCUT2D eigenvalue weighted by Gasteiger charge is 2.28. The van der Waals surface area contributed by atoms with E-state index in [2.05, 4.69) is 209 Å². The average Bonchev–Trinajstić information content (AvgIpc) is 3.85. The SMILES string of the molecule is c1ccc(-n2c3ccc(-c4nc(-c5ccc(-c6ccc7ccccc7c6)cc5)nc(-c5cccc6ccccc56)n4)cc3c3c4cccc5c4n(c32)-c2ccccc2S5)cc1. The zero-order chi connectivity index (χ0) is 40.0. The molecule has 12 aromatic rings. The van der Waals surface area contributed by atoms with Crippen molar-refractivity contribution in [3.05, 3.63) is 200 Å². The molecule has 1 aliphatic rings. The van der Waals surface area contributed by atoms with Crippen LogP contribution in [0.4, 0.5) is 0 Å². The minimum Gasteiger partial charge on any atom is -0.295 e. The molecule has 3 aromatic heterocycles. The molecule has 0 saturated heterocycles. The summed E-state index contributed by atoms with van der Waals surface area (Å²) in [7, 11) is 0. The number of hydrogen-bond acceptors (Lipinski definition) is 4. The molecule has 0 saturated carbocycles. The van der Waals surface area contributed by atoms with Crippen LogP contribution in [0.5, 0.6) is 0 Å². The van der Waals surface area contributed by atoms with Crippen LogP contribution in [-0.2, 0) is 0 Å². The molecule has 6 heteroatoms. The van der Waals surface area contributed by atoms with Crippen molar-refractivity contribution in [3.63, 3.8) is 0 Å². The molecule has 61 heavy (non-hydrogen) atoms. The first-order chi connectivity index (χ1) is 30.2. The van der Waals surface area contributed by atoms with Crippen LogP contribution in [0.1, 0.15) is 0 Å². The Balaban J connectivity index is 1.04. The number of para-hydroxylation sites is 3. The standard InChI is InChI=1S/C55H33N5S/c1-2-16-41(17-3-1)59-46-31-30-40(33-45(46)50-44-20-11-23-49-51(44)60(55(50)59)47-21-8-9-22-48(47)61-49)53-56-52(57-54(58-53)43-19-10-15-36-13-6-7-18-42(36)43)37-27-24-35(25-28-37)39-29-26-34-12-4-5-14-38(34)32-39/h1-33H. The van der Waals surface area contributed by atoms with Gasteiger partial charge in [-0.2, -0.15) is 0 Å². The van der Waals surface area contributed by atoms with Crippen molar-refractivity contribution in [2.45, 2.75) is 9.79 Å². The maximum absolute atomic E-state index is 5.30. The van der Waals surface area contributed by atoms with Crippen LogP contribution in [0.15, 0.2) is 210 Å². The van der Waals surface area contributed by atoms with Crippen LogP contribution in [0.25, 0.3) is 111 Å². The van der Waals surface area contributed by atoms with Gasteiger partial charge in [-0.15, -0.1) is 0 Å². The molecule has 0 bridgehead atoms. The number of aromatic nitrogens is 5. The van der Waals surface area contributed by atoms with E-state index in [0.29, 0.717) is 17.5 Å². The summed E-state index contributed by atoms with van der Waals surface area (Å²) in [6, 6.07) is 71.3. The average molecular weight is 796 g/mol. The first-order valence-electron chi connectivity index (χ1n) is 20.5. The summed E-state index contributed by atoms with van der Waals surface area (Å²) in [5.41, 5.74) is 11.0. The van der Waals surface area contributed by atoms with E-state index in [4.69, 9.17) is 15.0 Å². The van der Waals surface area contributed by atoms with Gasteiger partial charge in [-0.1, -0.05) is 157 Å². The largest absolute Gasteiger partial charge is 0.295 e. The fraction of sp³-hybridized carbons (Fsp3) is 0. The van der Waals surface area contributed by atoms with E-state index in [1.54, 1.807) is 0 Å². The third-order valence-corrected chi connectivity index (χ3v) is 13.3. The lowest BCUT2D eigenvalue weighted by molar-refractivity contribution is 1.03. The summed E-state index contributed by atoms with van der Waals surface area (Å²) in [4.78, 5) is 18.3. The lowest BCUT2D eigenvalue weighted by Crippen LogP contribution is -2.05. The second-order valence-corrected chi connectivity index (χ2v) is 16.7. The number of rotatable bonds is 5. The van der Waals surface area contributed by atoms with Crippen LogP contribution in [0.3, 0.4) is 0 Å². The van der Waals surface area contributed by atoms with Crippen molar-refractivity contribution in [2.24, 2.45) is 0 Å². The first kappa shape index (κ1) is 34.1. The summed E-state index contributed by atoms with van der Waals surface area (Å²) in [6.07, 6.45) is 0. The molecule has 0 spiro atoms.